The number of fused-ring (bicyclic) bond motifs is 1. The maximum absolute atomic E-state index is 12.3. The van der Waals surface area contributed by atoms with Gasteiger partial charge in [-0.3, -0.25) is 9.59 Å². The number of aromatic nitrogens is 3. The minimum absolute atomic E-state index is 0.144. The Hall–Kier alpha value is -3.22. The lowest BCUT2D eigenvalue weighted by molar-refractivity contribution is -0.114. The van der Waals surface area contributed by atoms with Crippen molar-refractivity contribution in [2.24, 2.45) is 0 Å². The molecule has 3 rings (SSSR count). The van der Waals surface area contributed by atoms with Crippen LogP contribution in [0.5, 0.6) is 0 Å². The SMILES string of the molecule is CC(=O)Nc1ccc(NC(=O)c2cnn3cccnc23)cc1. The largest absolute Gasteiger partial charge is 0.326 e. The molecule has 0 aliphatic rings. The van der Waals surface area contributed by atoms with Gasteiger partial charge in [0.2, 0.25) is 5.91 Å². The molecular weight excluding hydrogens is 282 g/mol. The van der Waals surface area contributed by atoms with Crippen LogP contribution in [0.1, 0.15) is 17.3 Å². The maximum Gasteiger partial charge on any atom is 0.261 e. The third-order valence-electron chi connectivity index (χ3n) is 2.99. The van der Waals surface area contributed by atoms with Gasteiger partial charge < -0.3 is 10.6 Å². The molecule has 0 bridgehead atoms. The van der Waals surface area contributed by atoms with E-state index in [-0.39, 0.29) is 11.8 Å². The average Bonchev–Trinajstić information content (AvgIpc) is 2.93. The molecule has 0 unspecified atom stereocenters. The van der Waals surface area contributed by atoms with Gasteiger partial charge in [0.25, 0.3) is 5.91 Å². The van der Waals surface area contributed by atoms with Crippen LogP contribution in [0.25, 0.3) is 5.65 Å². The normalized spacial score (nSPS) is 10.4. The zero-order valence-electron chi connectivity index (χ0n) is 11.8. The first-order valence-corrected chi connectivity index (χ1v) is 6.61. The number of benzene rings is 1. The van der Waals surface area contributed by atoms with Gasteiger partial charge in [-0.05, 0) is 30.3 Å². The fourth-order valence-electron chi connectivity index (χ4n) is 2.03. The molecule has 2 amide bonds. The van der Waals surface area contributed by atoms with Crippen molar-refractivity contribution in [3.05, 3.63) is 54.5 Å². The monoisotopic (exact) mass is 295 g/mol. The Morgan fingerprint density at radius 2 is 1.77 bits per heavy atom. The molecule has 0 atom stereocenters. The molecule has 2 N–H and O–H groups in total. The van der Waals surface area contributed by atoms with E-state index >= 15 is 0 Å². The van der Waals surface area contributed by atoms with E-state index in [1.165, 1.54) is 17.6 Å². The number of carbonyl (C=O) groups is 2. The molecule has 0 fully saturated rings. The minimum Gasteiger partial charge on any atom is -0.326 e. The van der Waals surface area contributed by atoms with E-state index in [1.807, 2.05) is 0 Å². The van der Waals surface area contributed by atoms with Crippen molar-refractivity contribution in [1.82, 2.24) is 14.6 Å². The molecule has 7 nitrogen and oxygen atoms in total. The van der Waals surface area contributed by atoms with Crippen LogP contribution in [0, 0.1) is 0 Å². The molecule has 110 valence electrons. The number of hydrogen-bond acceptors (Lipinski definition) is 4. The number of hydrogen-bond donors (Lipinski definition) is 2. The van der Waals surface area contributed by atoms with Crippen molar-refractivity contribution in [3.8, 4) is 0 Å². The molecule has 2 heterocycles. The summed E-state index contributed by atoms with van der Waals surface area (Å²) in [5.41, 5.74) is 2.18. The summed E-state index contributed by atoms with van der Waals surface area (Å²) in [4.78, 5) is 27.4. The first kappa shape index (κ1) is 13.7. The topological polar surface area (TPSA) is 88.4 Å². The highest BCUT2D eigenvalue weighted by molar-refractivity contribution is 6.08. The standard InChI is InChI=1S/C15H13N5O2/c1-10(21)18-11-3-5-12(6-4-11)19-15(22)13-9-17-20-8-2-7-16-14(13)20/h2-9H,1H3,(H,18,21)(H,19,22). The van der Waals surface area contributed by atoms with E-state index in [9.17, 15) is 9.59 Å². The van der Waals surface area contributed by atoms with E-state index in [1.54, 1.807) is 42.7 Å². The summed E-state index contributed by atoms with van der Waals surface area (Å²) in [7, 11) is 0. The Labute approximate surface area is 126 Å². The molecule has 7 heteroatoms. The molecule has 3 aromatic rings. The number of nitrogens with one attached hydrogen (secondary N) is 2. The van der Waals surface area contributed by atoms with Crippen molar-refractivity contribution < 1.29 is 9.59 Å². The molecule has 0 saturated heterocycles. The van der Waals surface area contributed by atoms with E-state index in [2.05, 4.69) is 20.7 Å². The molecule has 0 spiro atoms. The van der Waals surface area contributed by atoms with Gasteiger partial charge in [-0.2, -0.15) is 5.10 Å². The predicted molar refractivity (Wildman–Crippen MR) is 81.7 cm³/mol. The molecule has 0 aliphatic carbocycles. The Bertz CT molecular complexity index is 839. The van der Waals surface area contributed by atoms with Crippen molar-refractivity contribution in [3.63, 3.8) is 0 Å². The summed E-state index contributed by atoms with van der Waals surface area (Å²) in [5, 5.41) is 9.51. The smallest absolute Gasteiger partial charge is 0.261 e. The van der Waals surface area contributed by atoms with E-state index in [0.717, 1.165) is 0 Å². The first-order valence-electron chi connectivity index (χ1n) is 6.61. The number of nitrogens with zero attached hydrogens (tertiary/aromatic N) is 3. The lowest BCUT2D eigenvalue weighted by Gasteiger charge is -2.06. The lowest BCUT2D eigenvalue weighted by atomic mass is 10.2. The average molecular weight is 295 g/mol. The second-order valence-electron chi connectivity index (χ2n) is 4.66. The van der Waals surface area contributed by atoms with Crippen molar-refractivity contribution in [1.29, 1.82) is 0 Å². The van der Waals surface area contributed by atoms with E-state index in [4.69, 9.17) is 0 Å². The highest BCUT2D eigenvalue weighted by Gasteiger charge is 2.13. The first-order chi connectivity index (χ1) is 10.6. The highest BCUT2D eigenvalue weighted by atomic mass is 16.2. The summed E-state index contributed by atoms with van der Waals surface area (Å²) in [5.74, 6) is -0.435. The van der Waals surface area contributed by atoms with Crippen LogP contribution in [0.3, 0.4) is 0 Å². The van der Waals surface area contributed by atoms with Gasteiger partial charge in [0.05, 0.1) is 6.20 Å². The van der Waals surface area contributed by atoms with Crippen molar-refractivity contribution in [2.45, 2.75) is 6.92 Å². The number of anilines is 2. The summed E-state index contributed by atoms with van der Waals surface area (Å²) < 4.78 is 1.54. The van der Waals surface area contributed by atoms with Crippen LogP contribution >= 0.6 is 0 Å². The van der Waals surface area contributed by atoms with Crippen molar-refractivity contribution >= 4 is 28.8 Å². The van der Waals surface area contributed by atoms with Gasteiger partial charge in [0.1, 0.15) is 5.56 Å². The van der Waals surface area contributed by atoms with E-state index in [0.29, 0.717) is 22.6 Å². The number of carbonyl (C=O) groups excluding carboxylic acids is 2. The molecule has 1 aromatic carbocycles. The Morgan fingerprint density at radius 1 is 1.09 bits per heavy atom. The summed E-state index contributed by atoms with van der Waals surface area (Å²) in [6.07, 6.45) is 4.81. The summed E-state index contributed by atoms with van der Waals surface area (Å²) in [6, 6.07) is 8.59. The van der Waals surface area contributed by atoms with Crippen LogP contribution in [-0.4, -0.2) is 26.4 Å². The number of rotatable bonds is 3. The van der Waals surface area contributed by atoms with Crippen LogP contribution in [-0.2, 0) is 4.79 Å². The van der Waals surface area contributed by atoms with Crippen LogP contribution < -0.4 is 10.6 Å². The molecule has 0 saturated carbocycles. The van der Waals surface area contributed by atoms with Crippen LogP contribution in [0.4, 0.5) is 11.4 Å². The molecule has 0 aliphatic heterocycles. The Kier molecular flexibility index (Phi) is 3.53. The summed E-state index contributed by atoms with van der Waals surface area (Å²) >= 11 is 0. The number of amides is 2. The fraction of sp³-hybridized carbons (Fsp3) is 0.0667. The second-order valence-corrected chi connectivity index (χ2v) is 4.66. The zero-order chi connectivity index (χ0) is 15.5. The third kappa shape index (κ3) is 2.78. The second kappa shape index (κ2) is 5.65. The molecule has 22 heavy (non-hydrogen) atoms. The lowest BCUT2D eigenvalue weighted by Crippen LogP contribution is -2.12. The van der Waals surface area contributed by atoms with Gasteiger partial charge in [0, 0.05) is 30.7 Å². The predicted octanol–water partition coefficient (Wildman–Crippen LogP) is 1.94. The van der Waals surface area contributed by atoms with Crippen molar-refractivity contribution in [2.75, 3.05) is 10.6 Å². The molecule has 2 aromatic heterocycles. The molecule has 0 radical (unpaired) electrons. The van der Waals surface area contributed by atoms with Crippen LogP contribution in [0.15, 0.2) is 48.9 Å². The van der Waals surface area contributed by atoms with Gasteiger partial charge in [-0.25, -0.2) is 9.50 Å². The highest BCUT2D eigenvalue weighted by Crippen LogP contribution is 2.15. The summed E-state index contributed by atoms with van der Waals surface area (Å²) in [6.45, 7) is 1.44. The van der Waals surface area contributed by atoms with Crippen LogP contribution in [0.2, 0.25) is 0 Å². The van der Waals surface area contributed by atoms with Gasteiger partial charge in [-0.15, -0.1) is 0 Å². The van der Waals surface area contributed by atoms with E-state index < -0.39 is 0 Å². The van der Waals surface area contributed by atoms with Gasteiger partial charge >= 0.3 is 0 Å². The van der Waals surface area contributed by atoms with Gasteiger partial charge in [0.15, 0.2) is 5.65 Å². The van der Waals surface area contributed by atoms with Gasteiger partial charge in [-0.1, -0.05) is 0 Å². The fourth-order valence-corrected chi connectivity index (χ4v) is 2.03. The minimum atomic E-state index is -0.291. The quantitative estimate of drug-likeness (QED) is 0.773. The molecular formula is C15H13N5O2. The maximum atomic E-state index is 12.3. The zero-order valence-corrected chi connectivity index (χ0v) is 11.8. The Morgan fingerprint density at radius 3 is 2.45 bits per heavy atom. The third-order valence-corrected chi connectivity index (χ3v) is 2.99. The Balaban J connectivity index is 1.78.